The molecule has 4 heteroatoms. The molecular formula is C17H29NO3. The second kappa shape index (κ2) is 11.4. The van der Waals surface area contributed by atoms with Crippen molar-refractivity contribution in [2.75, 3.05) is 33.5 Å². The number of benzene rings is 1. The van der Waals surface area contributed by atoms with Crippen molar-refractivity contribution in [3.63, 3.8) is 0 Å². The fourth-order valence-electron chi connectivity index (χ4n) is 2.06. The van der Waals surface area contributed by atoms with Crippen LogP contribution in [0.25, 0.3) is 0 Å². The molecule has 0 radical (unpaired) electrons. The summed E-state index contributed by atoms with van der Waals surface area (Å²) < 4.78 is 16.7. The van der Waals surface area contributed by atoms with Crippen LogP contribution in [0, 0.1) is 0 Å². The Balaban J connectivity index is 2.66. The first kappa shape index (κ1) is 17.8. The monoisotopic (exact) mass is 295 g/mol. The van der Waals surface area contributed by atoms with Gasteiger partial charge in [-0.25, -0.2) is 0 Å². The van der Waals surface area contributed by atoms with E-state index in [-0.39, 0.29) is 0 Å². The van der Waals surface area contributed by atoms with E-state index in [4.69, 9.17) is 14.2 Å². The van der Waals surface area contributed by atoms with Crippen molar-refractivity contribution >= 4 is 0 Å². The van der Waals surface area contributed by atoms with Crippen LogP contribution in [-0.2, 0) is 11.3 Å². The molecule has 0 saturated carbocycles. The summed E-state index contributed by atoms with van der Waals surface area (Å²) in [7, 11) is 1.71. The zero-order chi connectivity index (χ0) is 15.3. The Labute approximate surface area is 128 Å². The van der Waals surface area contributed by atoms with E-state index in [0.717, 1.165) is 43.2 Å². The summed E-state index contributed by atoms with van der Waals surface area (Å²) in [6, 6.07) is 6.06. The Morgan fingerprint density at radius 3 is 2.62 bits per heavy atom. The number of ether oxygens (including phenoxy) is 3. The molecule has 0 aliphatic carbocycles. The van der Waals surface area contributed by atoms with Gasteiger partial charge in [0.2, 0.25) is 0 Å². The van der Waals surface area contributed by atoms with Crippen molar-refractivity contribution < 1.29 is 14.2 Å². The molecule has 1 aromatic rings. The molecule has 0 spiro atoms. The van der Waals surface area contributed by atoms with Crippen molar-refractivity contribution in [3.05, 3.63) is 23.8 Å². The number of rotatable bonds is 12. The smallest absolute Gasteiger partial charge is 0.165 e. The normalized spacial score (nSPS) is 10.6. The van der Waals surface area contributed by atoms with Crippen molar-refractivity contribution in [3.8, 4) is 11.5 Å². The number of para-hydroxylation sites is 1. The van der Waals surface area contributed by atoms with Crippen LogP contribution in [0.3, 0.4) is 0 Å². The lowest BCUT2D eigenvalue weighted by Crippen LogP contribution is -2.19. The molecule has 1 aromatic carbocycles. The minimum absolute atomic E-state index is 0.645. The average molecular weight is 295 g/mol. The van der Waals surface area contributed by atoms with Gasteiger partial charge < -0.3 is 19.5 Å². The average Bonchev–Trinajstić information content (AvgIpc) is 2.50. The molecule has 4 nitrogen and oxygen atoms in total. The molecule has 0 bridgehead atoms. The molecule has 0 aliphatic rings. The van der Waals surface area contributed by atoms with E-state index in [2.05, 4.69) is 18.3 Å². The molecule has 0 amide bonds. The summed E-state index contributed by atoms with van der Waals surface area (Å²) in [6.45, 7) is 7.86. The maximum Gasteiger partial charge on any atom is 0.165 e. The third-order valence-corrected chi connectivity index (χ3v) is 3.15. The number of hydrogen-bond donors (Lipinski definition) is 1. The summed E-state index contributed by atoms with van der Waals surface area (Å²) in [4.78, 5) is 0. The predicted molar refractivity (Wildman–Crippen MR) is 86.2 cm³/mol. The lowest BCUT2D eigenvalue weighted by molar-refractivity contribution is 0.199. The van der Waals surface area contributed by atoms with Crippen LogP contribution in [0.2, 0.25) is 0 Å². The molecule has 1 N–H and O–H groups in total. The molecule has 120 valence electrons. The van der Waals surface area contributed by atoms with Gasteiger partial charge in [-0.3, -0.25) is 0 Å². The summed E-state index contributed by atoms with van der Waals surface area (Å²) >= 11 is 0. The SMILES string of the molecule is CCCCCOc1c(CNCCOC)cccc1OCC. The van der Waals surface area contributed by atoms with E-state index in [9.17, 15) is 0 Å². The van der Waals surface area contributed by atoms with E-state index >= 15 is 0 Å². The van der Waals surface area contributed by atoms with Gasteiger partial charge in [-0.15, -0.1) is 0 Å². The zero-order valence-corrected chi connectivity index (χ0v) is 13.6. The Kier molecular flexibility index (Phi) is 9.66. The molecule has 0 aromatic heterocycles. The maximum absolute atomic E-state index is 5.98. The molecule has 0 atom stereocenters. The van der Waals surface area contributed by atoms with Gasteiger partial charge in [-0.1, -0.05) is 31.9 Å². The largest absolute Gasteiger partial charge is 0.490 e. The predicted octanol–water partition coefficient (Wildman–Crippen LogP) is 3.39. The summed E-state index contributed by atoms with van der Waals surface area (Å²) in [5, 5.41) is 3.35. The van der Waals surface area contributed by atoms with Gasteiger partial charge in [0.25, 0.3) is 0 Å². The standard InChI is InChI=1S/C17H29NO3/c1-4-6-7-12-21-17-15(14-18-11-13-19-3)9-8-10-16(17)20-5-2/h8-10,18H,4-7,11-14H2,1-3H3. The van der Waals surface area contributed by atoms with Crippen LogP contribution < -0.4 is 14.8 Å². The van der Waals surface area contributed by atoms with E-state index < -0.39 is 0 Å². The Bertz CT molecular complexity index is 382. The molecule has 0 fully saturated rings. The topological polar surface area (TPSA) is 39.7 Å². The third kappa shape index (κ3) is 6.82. The molecular weight excluding hydrogens is 266 g/mol. The van der Waals surface area contributed by atoms with Gasteiger partial charge in [0, 0.05) is 25.8 Å². The fourth-order valence-corrected chi connectivity index (χ4v) is 2.06. The van der Waals surface area contributed by atoms with Crippen LogP contribution in [0.15, 0.2) is 18.2 Å². The van der Waals surface area contributed by atoms with Gasteiger partial charge in [0.1, 0.15) is 0 Å². The summed E-state index contributed by atoms with van der Waals surface area (Å²) in [5.74, 6) is 1.71. The van der Waals surface area contributed by atoms with Crippen LogP contribution in [-0.4, -0.2) is 33.5 Å². The van der Waals surface area contributed by atoms with Crippen molar-refractivity contribution in [2.24, 2.45) is 0 Å². The first-order valence-corrected chi connectivity index (χ1v) is 7.90. The molecule has 0 unspecified atom stereocenters. The van der Waals surface area contributed by atoms with Gasteiger partial charge in [0.15, 0.2) is 11.5 Å². The highest BCUT2D eigenvalue weighted by atomic mass is 16.5. The third-order valence-electron chi connectivity index (χ3n) is 3.15. The number of nitrogens with one attached hydrogen (secondary N) is 1. The summed E-state index contributed by atoms with van der Waals surface area (Å²) in [5.41, 5.74) is 1.13. The number of methoxy groups -OCH3 is 1. The van der Waals surface area contributed by atoms with E-state index in [1.807, 2.05) is 19.1 Å². The molecule has 21 heavy (non-hydrogen) atoms. The fraction of sp³-hybridized carbons (Fsp3) is 0.647. The van der Waals surface area contributed by atoms with Gasteiger partial charge >= 0.3 is 0 Å². The number of hydrogen-bond acceptors (Lipinski definition) is 4. The van der Waals surface area contributed by atoms with Crippen LogP contribution in [0.4, 0.5) is 0 Å². The molecule has 0 saturated heterocycles. The highest BCUT2D eigenvalue weighted by Crippen LogP contribution is 2.31. The van der Waals surface area contributed by atoms with Crippen LogP contribution >= 0.6 is 0 Å². The van der Waals surface area contributed by atoms with Gasteiger partial charge in [-0.05, 0) is 19.4 Å². The Morgan fingerprint density at radius 1 is 1.05 bits per heavy atom. The van der Waals surface area contributed by atoms with Gasteiger partial charge in [-0.2, -0.15) is 0 Å². The van der Waals surface area contributed by atoms with E-state index in [1.165, 1.54) is 12.8 Å². The van der Waals surface area contributed by atoms with Crippen LogP contribution in [0.1, 0.15) is 38.7 Å². The maximum atomic E-state index is 5.98. The number of unbranched alkanes of at least 4 members (excludes halogenated alkanes) is 2. The highest BCUT2D eigenvalue weighted by Gasteiger charge is 2.10. The molecule has 0 heterocycles. The summed E-state index contributed by atoms with van der Waals surface area (Å²) in [6.07, 6.45) is 3.47. The zero-order valence-electron chi connectivity index (χ0n) is 13.6. The minimum atomic E-state index is 0.645. The van der Waals surface area contributed by atoms with Crippen LogP contribution in [0.5, 0.6) is 11.5 Å². The van der Waals surface area contributed by atoms with Crippen molar-refractivity contribution in [1.29, 1.82) is 0 Å². The first-order valence-electron chi connectivity index (χ1n) is 7.90. The molecule has 1 rings (SSSR count). The van der Waals surface area contributed by atoms with E-state index in [1.54, 1.807) is 7.11 Å². The lowest BCUT2D eigenvalue weighted by atomic mass is 10.1. The van der Waals surface area contributed by atoms with Crippen molar-refractivity contribution in [2.45, 2.75) is 39.7 Å². The second-order valence-corrected chi connectivity index (χ2v) is 4.90. The lowest BCUT2D eigenvalue weighted by Gasteiger charge is -2.16. The van der Waals surface area contributed by atoms with E-state index in [0.29, 0.717) is 13.2 Å². The van der Waals surface area contributed by atoms with Crippen molar-refractivity contribution in [1.82, 2.24) is 5.32 Å². The second-order valence-electron chi connectivity index (χ2n) is 4.90. The minimum Gasteiger partial charge on any atom is -0.490 e. The Morgan fingerprint density at radius 2 is 1.90 bits per heavy atom. The Hall–Kier alpha value is -1.26. The highest BCUT2D eigenvalue weighted by molar-refractivity contribution is 5.46. The van der Waals surface area contributed by atoms with Gasteiger partial charge in [0.05, 0.1) is 19.8 Å². The quantitative estimate of drug-likeness (QED) is 0.600. The first-order chi connectivity index (χ1) is 10.3. The molecule has 0 aliphatic heterocycles.